The first-order valence-electron chi connectivity index (χ1n) is 9.65. The summed E-state index contributed by atoms with van der Waals surface area (Å²) in [6.07, 6.45) is 3.64. The van der Waals surface area contributed by atoms with Gasteiger partial charge in [-0.05, 0) is 51.8 Å². The van der Waals surface area contributed by atoms with Gasteiger partial charge < -0.3 is 15.0 Å². The Hall–Kier alpha value is -3.03. The number of carbonyl (C=O) groups is 2. The highest BCUT2D eigenvalue weighted by Gasteiger charge is 2.38. The van der Waals surface area contributed by atoms with E-state index in [-0.39, 0.29) is 5.56 Å². The normalized spacial score (nSPS) is 18.9. The minimum absolute atomic E-state index is 0.285. The van der Waals surface area contributed by atoms with Crippen LogP contribution in [0.3, 0.4) is 0 Å². The van der Waals surface area contributed by atoms with Crippen LogP contribution in [0.1, 0.15) is 44.5 Å². The number of benzene rings is 1. The van der Waals surface area contributed by atoms with Crippen molar-refractivity contribution in [3.63, 3.8) is 0 Å². The molecule has 1 aliphatic heterocycles. The number of hydrogen-bond acceptors (Lipinski definition) is 5. The van der Waals surface area contributed by atoms with E-state index in [0.29, 0.717) is 42.6 Å². The Bertz CT molecular complexity index is 954. The molecule has 1 aromatic carbocycles. The Balaban J connectivity index is 1.93. The highest BCUT2D eigenvalue weighted by Crippen LogP contribution is 2.37. The van der Waals surface area contributed by atoms with Gasteiger partial charge in [0.1, 0.15) is 17.2 Å². The lowest BCUT2D eigenvalue weighted by molar-refractivity contribution is 0.0473. The number of carbonyl (C=O) groups excluding carboxylic acids is 2. The summed E-state index contributed by atoms with van der Waals surface area (Å²) >= 11 is 0. The van der Waals surface area contributed by atoms with Crippen LogP contribution >= 0.6 is 0 Å². The number of aromatic nitrogens is 1. The number of ether oxygens (including phenoxy) is 1. The van der Waals surface area contributed by atoms with Crippen LogP contribution in [0.25, 0.3) is 11.1 Å². The molecular formula is C22H25F2N3O3. The number of rotatable bonds is 4. The smallest absolute Gasteiger partial charge is 0.408 e. The van der Waals surface area contributed by atoms with Gasteiger partial charge in [-0.2, -0.15) is 0 Å². The van der Waals surface area contributed by atoms with E-state index in [4.69, 9.17) is 4.74 Å². The number of hydrogen-bond donors (Lipinski definition) is 1. The fraction of sp³-hybridized carbons (Fsp3) is 0.409. The zero-order valence-corrected chi connectivity index (χ0v) is 17.5. The Labute approximate surface area is 174 Å². The largest absolute Gasteiger partial charge is 0.444 e. The molecule has 0 spiro atoms. The average molecular weight is 417 g/mol. The van der Waals surface area contributed by atoms with Crippen molar-refractivity contribution in [1.82, 2.24) is 10.3 Å². The van der Waals surface area contributed by atoms with Crippen molar-refractivity contribution in [1.29, 1.82) is 0 Å². The van der Waals surface area contributed by atoms with E-state index in [1.807, 2.05) is 11.8 Å². The van der Waals surface area contributed by atoms with E-state index in [1.54, 1.807) is 20.8 Å². The molecule has 1 aliphatic rings. The van der Waals surface area contributed by atoms with Gasteiger partial charge in [-0.15, -0.1) is 0 Å². The van der Waals surface area contributed by atoms with Gasteiger partial charge in [-0.3, -0.25) is 9.78 Å². The van der Waals surface area contributed by atoms with Crippen LogP contribution in [0, 0.1) is 11.6 Å². The minimum atomic E-state index is -0.717. The topological polar surface area (TPSA) is 71.5 Å². The lowest BCUT2D eigenvalue weighted by Gasteiger charge is -2.29. The molecule has 1 fully saturated rings. The van der Waals surface area contributed by atoms with Crippen LogP contribution < -0.4 is 10.2 Å². The second-order valence-corrected chi connectivity index (χ2v) is 8.76. The Morgan fingerprint density at radius 3 is 2.50 bits per heavy atom. The predicted octanol–water partition coefficient (Wildman–Crippen LogP) is 4.33. The number of halogens is 2. The summed E-state index contributed by atoms with van der Waals surface area (Å²) in [5.74, 6) is -1.43. The van der Waals surface area contributed by atoms with E-state index >= 15 is 0 Å². The lowest BCUT2D eigenvalue weighted by Crippen LogP contribution is -2.49. The van der Waals surface area contributed by atoms with Crippen LogP contribution in [0.5, 0.6) is 0 Å². The molecule has 1 N–H and O–H groups in total. The van der Waals surface area contributed by atoms with Crippen LogP contribution in [0.4, 0.5) is 19.3 Å². The molecule has 3 rings (SSSR count). The molecule has 0 unspecified atom stereocenters. The third-order valence-corrected chi connectivity index (χ3v) is 4.84. The first-order chi connectivity index (χ1) is 14.0. The molecule has 0 radical (unpaired) electrons. The van der Waals surface area contributed by atoms with Crippen molar-refractivity contribution in [2.24, 2.45) is 0 Å². The molecule has 8 heteroatoms. The molecule has 1 amide bonds. The fourth-order valence-corrected chi connectivity index (χ4v) is 3.63. The maximum Gasteiger partial charge on any atom is 0.408 e. The molecule has 1 atom stereocenters. The van der Waals surface area contributed by atoms with Gasteiger partial charge in [0.2, 0.25) is 0 Å². The van der Waals surface area contributed by atoms with Gasteiger partial charge in [0.05, 0.1) is 16.8 Å². The maximum absolute atomic E-state index is 13.8. The van der Waals surface area contributed by atoms with Gasteiger partial charge in [-0.1, -0.05) is 0 Å². The van der Waals surface area contributed by atoms with Crippen LogP contribution in [0.2, 0.25) is 0 Å². The van der Waals surface area contributed by atoms with E-state index < -0.39 is 28.9 Å². The second kappa shape index (κ2) is 8.01. The van der Waals surface area contributed by atoms with Crippen molar-refractivity contribution >= 4 is 18.1 Å². The minimum Gasteiger partial charge on any atom is -0.444 e. The van der Waals surface area contributed by atoms with E-state index in [1.165, 1.54) is 24.5 Å². The van der Waals surface area contributed by atoms with Gasteiger partial charge in [0, 0.05) is 37.1 Å². The molecule has 0 aliphatic carbocycles. The van der Waals surface area contributed by atoms with Crippen molar-refractivity contribution in [2.45, 2.75) is 45.3 Å². The summed E-state index contributed by atoms with van der Waals surface area (Å²) in [5, 5.41) is 2.90. The number of nitrogens with zero attached hydrogens (tertiary/aromatic N) is 2. The predicted molar refractivity (Wildman–Crippen MR) is 110 cm³/mol. The number of pyridine rings is 1. The quantitative estimate of drug-likeness (QED) is 0.750. The highest BCUT2D eigenvalue weighted by atomic mass is 19.1. The molecule has 0 bridgehead atoms. The zero-order chi connectivity index (χ0) is 22.1. The molecule has 0 saturated carbocycles. The van der Waals surface area contributed by atoms with Crippen molar-refractivity contribution < 1.29 is 23.1 Å². The van der Waals surface area contributed by atoms with Crippen LogP contribution in [-0.2, 0) is 4.74 Å². The SMILES string of the molecule is CC(C)(C)OC(=O)N[C@@]1(C)CCN(c2c(C=O)cncc2-c2cc(F)cc(F)c2)C1. The summed E-state index contributed by atoms with van der Waals surface area (Å²) in [5.41, 5.74) is 0.338. The second-order valence-electron chi connectivity index (χ2n) is 8.76. The van der Waals surface area contributed by atoms with Crippen LogP contribution in [0.15, 0.2) is 30.6 Å². The molecule has 1 aromatic heterocycles. The maximum atomic E-state index is 13.8. The van der Waals surface area contributed by atoms with Crippen LogP contribution in [-0.4, -0.2) is 41.6 Å². The molecular weight excluding hydrogens is 392 g/mol. The van der Waals surface area contributed by atoms with Crippen molar-refractivity contribution in [3.8, 4) is 11.1 Å². The number of amides is 1. The average Bonchev–Trinajstić information content (AvgIpc) is 2.99. The van der Waals surface area contributed by atoms with E-state index in [9.17, 15) is 18.4 Å². The number of aldehydes is 1. The molecule has 30 heavy (non-hydrogen) atoms. The highest BCUT2D eigenvalue weighted by molar-refractivity contribution is 5.92. The number of nitrogens with one attached hydrogen (secondary N) is 1. The Morgan fingerprint density at radius 2 is 1.90 bits per heavy atom. The molecule has 6 nitrogen and oxygen atoms in total. The van der Waals surface area contributed by atoms with Gasteiger partial charge in [-0.25, -0.2) is 13.6 Å². The molecule has 2 aromatic rings. The summed E-state index contributed by atoms with van der Waals surface area (Å²) < 4.78 is 33.0. The summed E-state index contributed by atoms with van der Waals surface area (Å²) in [6, 6.07) is 3.19. The Kier molecular flexibility index (Phi) is 5.78. The van der Waals surface area contributed by atoms with Crippen molar-refractivity contribution in [2.75, 3.05) is 18.0 Å². The van der Waals surface area contributed by atoms with Gasteiger partial charge >= 0.3 is 6.09 Å². The zero-order valence-electron chi connectivity index (χ0n) is 17.5. The number of anilines is 1. The first-order valence-corrected chi connectivity index (χ1v) is 9.65. The fourth-order valence-electron chi connectivity index (χ4n) is 3.63. The van der Waals surface area contributed by atoms with E-state index in [0.717, 1.165) is 6.07 Å². The third-order valence-electron chi connectivity index (χ3n) is 4.84. The standard InChI is InChI=1S/C22H25F2N3O3/c1-21(2,3)30-20(29)26-22(4)5-6-27(13-22)19-15(12-28)10-25-11-18(19)14-7-16(23)9-17(24)8-14/h7-12H,5-6,13H2,1-4H3,(H,26,29)/t22-/m0/s1. The lowest BCUT2D eigenvalue weighted by atomic mass is 10.0. The molecule has 2 heterocycles. The molecule has 1 saturated heterocycles. The van der Waals surface area contributed by atoms with E-state index in [2.05, 4.69) is 10.3 Å². The summed E-state index contributed by atoms with van der Waals surface area (Å²) in [7, 11) is 0. The monoisotopic (exact) mass is 417 g/mol. The first kappa shape index (κ1) is 21.7. The molecule has 160 valence electrons. The summed E-state index contributed by atoms with van der Waals surface area (Å²) in [6.45, 7) is 8.17. The number of alkyl carbamates (subject to hydrolysis) is 1. The van der Waals surface area contributed by atoms with Gasteiger partial charge in [0.15, 0.2) is 6.29 Å². The van der Waals surface area contributed by atoms with Gasteiger partial charge in [0.25, 0.3) is 0 Å². The van der Waals surface area contributed by atoms with Crippen molar-refractivity contribution in [3.05, 3.63) is 47.8 Å². The third kappa shape index (κ3) is 4.93. The Morgan fingerprint density at radius 1 is 1.23 bits per heavy atom. The summed E-state index contributed by atoms with van der Waals surface area (Å²) in [4.78, 5) is 29.9.